The number of amides is 4. The van der Waals surface area contributed by atoms with Gasteiger partial charge in [0.2, 0.25) is 11.8 Å². The smallest absolute Gasteiger partial charge is 0.329 e. The van der Waals surface area contributed by atoms with Gasteiger partial charge in [-0.25, -0.2) is 14.7 Å². The summed E-state index contributed by atoms with van der Waals surface area (Å²) < 4.78 is 13.4. The van der Waals surface area contributed by atoms with E-state index in [1.54, 1.807) is 24.3 Å². The average Bonchev–Trinajstić information content (AvgIpc) is 4.06. The van der Waals surface area contributed by atoms with E-state index >= 15 is 19.2 Å². The van der Waals surface area contributed by atoms with Crippen molar-refractivity contribution in [1.29, 1.82) is 0 Å². The summed E-state index contributed by atoms with van der Waals surface area (Å²) >= 11 is 1.28. The molecule has 4 aliphatic rings. The number of hydrogen-bond acceptors (Lipinski definition) is 10. The number of cyclic esters (lactones) is 1. The Labute approximate surface area is 421 Å². The Hall–Kier alpha value is -7.89. The Morgan fingerprint density at radius 2 is 1.54 bits per heavy atom. The second-order valence-electron chi connectivity index (χ2n) is 18.6. The molecule has 12 nitrogen and oxygen atoms in total. The lowest BCUT2D eigenvalue weighted by Crippen LogP contribution is -2.55. The molecule has 11 rings (SSSR count). The first-order chi connectivity index (χ1) is 35.2. The van der Waals surface area contributed by atoms with Gasteiger partial charge in [-0.15, -0.1) is 0 Å². The minimum atomic E-state index is -2.01. The maximum Gasteiger partial charge on any atom is 0.329 e. The van der Waals surface area contributed by atoms with E-state index in [4.69, 9.17) is 14.5 Å². The van der Waals surface area contributed by atoms with E-state index in [-0.39, 0.29) is 24.0 Å². The number of ether oxygens (including phenoxy) is 2. The van der Waals surface area contributed by atoms with Gasteiger partial charge < -0.3 is 25.2 Å². The molecule has 2 saturated heterocycles. The zero-order valence-corrected chi connectivity index (χ0v) is 40.3. The van der Waals surface area contributed by atoms with Crippen LogP contribution in [-0.4, -0.2) is 58.1 Å². The highest BCUT2D eigenvalue weighted by atomic mass is 32.1. The predicted molar refractivity (Wildman–Crippen MR) is 276 cm³/mol. The Bertz CT molecular complexity index is 3250. The third-order valence-electron chi connectivity index (χ3n) is 14.3. The molecular weight excluding hydrogens is 923 g/mol. The molecule has 6 aromatic carbocycles. The number of rotatable bonds is 10. The molecule has 3 N–H and O–H groups in total. The summed E-state index contributed by atoms with van der Waals surface area (Å²) in [6.07, 6.45) is 5.18. The third kappa shape index (κ3) is 8.31. The lowest BCUT2D eigenvalue weighted by atomic mass is 9.65. The molecule has 7 aromatic rings. The highest BCUT2D eigenvalue weighted by molar-refractivity contribution is 7.22. The van der Waals surface area contributed by atoms with Gasteiger partial charge in [0, 0.05) is 5.56 Å². The van der Waals surface area contributed by atoms with Crippen molar-refractivity contribution in [2.24, 2.45) is 5.92 Å². The van der Waals surface area contributed by atoms with Crippen LogP contribution < -0.4 is 20.3 Å². The third-order valence-corrected chi connectivity index (χ3v) is 15.3. The van der Waals surface area contributed by atoms with E-state index in [0.29, 0.717) is 33.5 Å². The molecular formula is C59H51N5O7S. The van der Waals surface area contributed by atoms with E-state index < -0.39 is 65.4 Å². The quantitative estimate of drug-likeness (QED) is 0.0899. The molecule has 7 unspecified atom stereocenters. The molecule has 1 spiro atoms. The number of nitrogens with one attached hydrogen (secondary N) is 2. The number of thiazole rings is 1. The monoisotopic (exact) mass is 973 g/mol. The summed E-state index contributed by atoms with van der Waals surface area (Å²) in [4.78, 5) is 71.6. The summed E-state index contributed by atoms with van der Waals surface area (Å²) in [6.45, 7) is 1.69. The van der Waals surface area contributed by atoms with Crippen LogP contribution in [0.25, 0.3) is 10.2 Å². The highest BCUT2D eigenvalue weighted by Crippen LogP contribution is 2.66. The molecule has 0 radical (unpaired) electrons. The number of urea groups is 1. The number of aliphatic hydroxyl groups excluding tert-OH is 1. The van der Waals surface area contributed by atoms with Gasteiger partial charge in [0.1, 0.15) is 29.9 Å². The van der Waals surface area contributed by atoms with Crippen molar-refractivity contribution in [1.82, 2.24) is 15.2 Å². The van der Waals surface area contributed by atoms with E-state index in [9.17, 15) is 5.11 Å². The number of nitrogens with zero attached hydrogens (tertiary/aromatic N) is 3. The van der Waals surface area contributed by atoms with Crippen molar-refractivity contribution in [3.8, 4) is 17.6 Å². The topological polar surface area (TPSA) is 150 Å². The van der Waals surface area contributed by atoms with Crippen molar-refractivity contribution < 1.29 is 33.8 Å². The zero-order chi connectivity index (χ0) is 49.3. The first-order valence-electron chi connectivity index (χ1n) is 24.4. The predicted octanol–water partition coefficient (Wildman–Crippen LogP) is 10.3. The lowest BCUT2D eigenvalue weighted by molar-refractivity contribution is -0.177. The number of aliphatic hydroxyl groups is 1. The van der Waals surface area contributed by atoms with Gasteiger partial charge in [-0.3, -0.25) is 19.3 Å². The molecule has 1 aromatic heterocycles. The number of anilines is 2. The van der Waals surface area contributed by atoms with Gasteiger partial charge >= 0.3 is 12.0 Å². The SMILES string of the molecule is CC(NC(=O)N1C(=O)C2(c3cc(C#CC4=CCCCC4)ccc31)C(C(=O)Nc1nc3ccccc3s1)C1C(=O)OC(c3ccccc3)C(c3ccccc3)N1C2c1ccc(OCCO)cc1)c1ccccc1. The number of morpholine rings is 1. The first-order valence-corrected chi connectivity index (χ1v) is 25.2. The molecule has 0 bridgehead atoms. The Morgan fingerprint density at radius 3 is 2.25 bits per heavy atom. The van der Waals surface area contributed by atoms with Crippen LogP contribution in [0.15, 0.2) is 169 Å². The Kier molecular flexibility index (Phi) is 12.7. The summed E-state index contributed by atoms with van der Waals surface area (Å²) in [6, 6.07) is 44.1. The largest absolute Gasteiger partial charge is 0.491 e. The number of allylic oxidation sites excluding steroid dienone is 2. The summed E-state index contributed by atoms with van der Waals surface area (Å²) in [7, 11) is 0. The molecule has 1 aliphatic carbocycles. The van der Waals surface area contributed by atoms with Crippen molar-refractivity contribution in [3.63, 3.8) is 0 Å². The number of carbonyl (C=O) groups is 4. The molecule has 13 heteroatoms. The minimum Gasteiger partial charge on any atom is -0.491 e. The minimum absolute atomic E-state index is 0.0493. The van der Waals surface area contributed by atoms with Gasteiger partial charge in [0.25, 0.3) is 0 Å². The Balaban J connectivity index is 1.19. The van der Waals surface area contributed by atoms with E-state index in [2.05, 4.69) is 28.6 Å². The molecule has 7 atom stereocenters. The molecule has 360 valence electrons. The lowest BCUT2D eigenvalue weighted by Gasteiger charge is -2.46. The van der Waals surface area contributed by atoms with Gasteiger partial charge in [-0.2, -0.15) is 0 Å². The fourth-order valence-electron chi connectivity index (χ4n) is 11.2. The van der Waals surface area contributed by atoms with Crippen LogP contribution in [0.5, 0.6) is 5.75 Å². The second kappa shape index (κ2) is 19.7. The summed E-state index contributed by atoms with van der Waals surface area (Å²) in [5.41, 5.74) is 3.74. The molecule has 4 amide bonds. The van der Waals surface area contributed by atoms with Gasteiger partial charge in [-0.05, 0) is 108 Å². The molecule has 3 aliphatic heterocycles. The zero-order valence-electron chi connectivity index (χ0n) is 39.4. The number of fused-ring (bicyclic) bond motifs is 4. The summed E-state index contributed by atoms with van der Waals surface area (Å²) in [5.74, 6) is 3.63. The average molecular weight is 974 g/mol. The Morgan fingerprint density at radius 1 is 0.833 bits per heavy atom. The fraction of sp³-hybridized carbons (Fsp3) is 0.237. The molecule has 4 heterocycles. The van der Waals surface area contributed by atoms with Crippen LogP contribution in [0, 0.1) is 17.8 Å². The number of benzene rings is 6. The number of imide groups is 1. The number of aromatic nitrogens is 1. The summed E-state index contributed by atoms with van der Waals surface area (Å²) in [5, 5.41) is 16.1. The van der Waals surface area contributed by atoms with Crippen LogP contribution in [0.3, 0.4) is 0 Å². The van der Waals surface area contributed by atoms with Gasteiger partial charge in [0.15, 0.2) is 5.13 Å². The number of hydrogen-bond donors (Lipinski definition) is 3. The van der Waals surface area contributed by atoms with Crippen LogP contribution in [-0.2, 0) is 24.5 Å². The van der Waals surface area contributed by atoms with Crippen molar-refractivity contribution >= 4 is 56.2 Å². The van der Waals surface area contributed by atoms with E-state index in [0.717, 1.165) is 52.0 Å². The van der Waals surface area contributed by atoms with Crippen molar-refractivity contribution in [2.45, 2.75) is 68.3 Å². The fourth-order valence-corrected chi connectivity index (χ4v) is 12.1. The maximum atomic E-state index is 16.8. The maximum absolute atomic E-state index is 16.8. The van der Waals surface area contributed by atoms with E-state index in [1.807, 2.05) is 145 Å². The van der Waals surface area contributed by atoms with Crippen LogP contribution >= 0.6 is 11.3 Å². The standard InChI is InChI=1S/C59H51N5O7S/c1-37(40-18-8-3-9-19-40)60-58(69)63-47-33-28-39(27-26-38-16-6-2-7-17-38)36-45(47)59(56(63)68)49(54(66)62-57-61-46-24-14-15-25-48(46)72-57)51-55(67)71-52(42-22-12-5-13-23-42)50(41-20-10-4-11-21-41)64(51)53(59)43-29-31-44(32-30-43)70-35-34-65/h3-5,8-16,18-25,28-33,36-37,49-53,65H,2,6-7,17,34-35H2,1H3,(H,60,69)(H,61,62,66). The van der Waals surface area contributed by atoms with Gasteiger partial charge in [-0.1, -0.05) is 145 Å². The number of para-hydroxylation sites is 1. The number of carbonyl (C=O) groups excluding carboxylic acids is 4. The van der Waals surface area contributed by atoms with Gasteiger partial charge in [0.05, 0.1) is 46.6 Å². The number of esters is 1. The highest BCUT2D eigenvalue weighted by Gasteiger charge is 2.75. The normalized spacial score (nSPS) is 22.8. The second-order valence-corrected chi connectivity index (χ2v) is 19.6. The van der Waals surface area contributed by atoms with Crippen molar-refractivity contribution in [3.05, 3.63) is 203 Å². The van der Waals surface area contributed by atoms with Crippen LogP contribution in [0.1, 0.15) is 90.2 Å². The first kappa shape index (κ1) is 46.5. The molecule has 72 heavy (non-hydrogen) atoms. The van der Waals surface area contributed by atoms with Crippen molar-refractivity contribution in [2.75, 3.05) is 23.4 Å². The van der Waals surface area contributed by atoms with E-state index in [1.165, 1.54) is 11.3 Å². The van der Waals surface area contributed by atoms with Crippen LogP contribution in [0.4, 0.5) is 15.6 Å². The molecule has 2 fully saturated rings. The van der Waals surface area contributed by atoms with Crippen LogP contribution in [0.2, 0.25) is 0 Å². The molecule has 0 saturated carbocycles.